The maximum absolute atomic E-state index is 13.4. The summed E-state index contributed by atoms with van der Waals surface area (Å²) in [6, 6.07) is 13.3. The fourth-order valence-corrected chi connectivity index (χ4v) is 5.04. The minimum Gasteiger partial charge on any atom is -0.494 e. The second-order valence-corrected chi connectivity index (χ2v) is 11.1. The van der Waals surface area contributed by atoms with Crippen LogP contribution in [0.15, 0.2) is 48.5 Å². The molecule has 0 aromatic heterocycles. The zero-order chi connectivity index (χ0) is 27.4. The number of carbonyl (C=O) groups is 2. The molecule has 0 radical (unpaired) electrons. The van der Waals surface area contributed by atoms with E-state index in [9.17, 15) is 18.0 Å². The average molecular weight is 552 g/mol. The third-order valence-corrected chi connectivity index (χ3v) is 7.24. The summed E-state index contributed by atoms with van der Waals surface area (Å²) in [5.74, 6) is 0.243. The van der Waals surface area contributed by atoms with Gasteiger partial charge in [0.1, 0.15) is 11.8 Å². The molecule has 0 aliphatic heterocycles. The number of halogens is 1. The molecule has 0 unspecified atom stereocenters. The fourth-order valence-electron chi connectivity index (χ4n) is 3.95. The van der Waals surface area contributed by atoms with Gasteiger partial charge in [-0.1, -0.05) is 37.6 Å². The van der Waals surface area contributed by atoms with Crippen LogP contribution in [0.4, 0.5) is 5.69 Å². The predicted molar refractivity (Wildman–Crippen MR) is 148 cm³/mol. The Hall–Kier alpha value is -2.78. The van der Waals surface area contributed by atoms with E-state index in [1.165, 1.54) is 4.31 Å². The first-order chi connectivity index (χ1) is 17.6. The Morgan fingerprint density at radius 2 is 1.68 bits per heavy atom. The number of nitrogens with one attached hydrogen (secondary N) is 1. The molecule has 0 saturated heterocycles. The van der Waals surface area contributed by atoms with E-state index < -0.39 is 16.1 Å². The van der Waals surface area contributed by atoms with E-state index in [2.05, 4.69) is 5.32 Å². The van der Waals surface area contributed by atoms with E-state index >= 15 is 0 Å². The van der Waals surface area contributed by atoms with Crippen LogP contribution in [0.1, 0.15) is 52.0 Å². The van der Waals surface area contributed by atoms with Crippen molar-refractivity contribution in [1.29, 1.82) is 0 Å². The van der Waals surface area contributed by atoms with E-state index in [1.54, 1.807) is 41.3 Å². The maximum atomic E-state index is 13.4. The van der Waals surface area contributed by atoms with Gasteiger partial charge >= 0.3 is 0 Å². The van der Waals surface area contributed by atoms with Crippen molar-refractivity contribution in [2.24, 2.45) is 0 Å². The molecule has 0 aliphatic carbocycles. The van der Waals surface area contributed by atoms with Crippen LogP contribution in [0.25, 0.3) is 0 Å². The molecule has 37 heavy (non-hydrogen) atoms. The molecule has 1 N–H and O–H groups in total. The molecule has 2 aromatic carbocycles. The minimum absolute atomic E-state index is 0.0915. The third-order valence-electron chi connectivity index (χ3n) is 5.79. The molecule has 204 valence electrons. The van der Waals surface area contributed by atoms with Gasteiger partial charge < -0.3 is 15.0 Å². The molecule has 10 heteroatoms. The normalized spacial score (nSPS) is 12.0. The van der Waals surface area contributed by atoms with Gasteiger partial charge in [-0.3, -0.25) is 13.9 Å². The van der Waals surface area contributed by atoms with Gasteiger partial charge in [0, 0.05) is 31.1 Å². The van der Waals surface area contributed by atoms with Gasteiger partial charge in [0.05, 0.1) is 18.6 Å². The zero-order valence-corrected chi connectivity index (χ0v) is 23.6. The van der Waals surface area contributed by atoms with Crippen LogP contribution in [0.2, 0.25) is 5.02 Å². The summed E-state index contributed by atoms with van der Waals surface area (Å²) < 4.78 is 31.7. The first kappa shape index (κ1) is 30.4. The second-order valence-electron chi connectivity index (χ2n) is 8.73. The largest absolute Gasteiger partial charge is 0.494 e. The first-order valence-corrected chi connectivity index (χ1v) is 14.8. The number of sulfonamides is 1. The highest BCUT2D eigenvalue weighted by atomic mass is 35.5. The lowest BCUT2D eigenvalue weighted by atomic mass is 10.1. The number of amides is 2. The van der Waals surface area contributed by atoms with Crippen molar-refractivity contribution in [3.63, 3.8) is 0 Å². The summed E-state index contributed by atoms with van der Waals surface area (Å²) in [6.07, 6.45) is 2.78. The van der Waals surface area contributed by atoms with Gasteiger partial charge in [-0.2, -0.15) is 0 Å². The monoisotopic (exact) mass is 551 g/mol. The number of rotatable bonds is 15. The smallest absolute Gasteiger partial charge is 0.242 e. The van der Waals surface area contributed by atoms with Crippen LogP contribution < -0.4 is 14.4 Å². The van der Waals surface area contributed by atoms with Gasteiger partial charge in [0.15, 0.2) is 0 Å². The summed E-state index contributed by atoms with van der Waals surface area (Å²) >= 11 is 6.01. The van der Waals surface area contributed by atoms with Crippen molar-refractivity contribution in [2.45, 2.75) is 59.0 Å². The summed E-state index contributed by atoms with van der Waals surface area (Å²) in [6.45, 7) is 7.14. The Morgan fingerprint density at radius 3 is 2.22 bits per heavy atom. The zero-order valence-electron chi connectivity index (χ0n) is 22.1. The SMILES string of the molecule is CCCNC(=O)[C@@H](CC)N(Cc1ccc(Cl)cc1)C(=O)CCCN(c1ccc(OCC)cc1)S(C)(=O)=O. The number of ether oxygens (including phenoxy) is 1. The molecule has 0 spiro atoms. The molecule has 2 aromatic rings. The lowest BCUT2D eigenvalue weighted by molar-refractivity contribution is -0.141. The molecule has 0 fully saturated rings. The topological polar surface area (TPSA) is 96.0 Å². The van der Waals surface area contributed by atoms with E-state index in [4.69, 9.17) is 16.3 Å². The number of benzene rings is 2. The molecule has 8 nitrogen and oxygen atoms in total. The molecule has 0 bridgehead atoms. The Kier molecular flexibility index (Phi) is 12.2. The van der Waals surface area contributed by atoms with Crippen LogP contribution in [-0.2, 0) is 26.2 Å². The lowest BCUT2D eigenvalue weighted by Gasteiger charge is -2.31. The summed E-state index contributed by atoms with van der Waals surface area (Å²) in [4.78, 5) is 27.9. The Labute approximate surface area is 226 Å². The highest BCUT2D eigenvalue weighted by Gasteiger charge is 2.28. The second kappa shape index (κ2) is 14.8. The minimum atomic E-state index is -3.57. The van der Waals surface area contributed by atoms with Gasteiger partial charge in [-0.05, 0) is 68.1 Å². The fraction of sp³-hybridized carbons (Fsp3) is 0.481. The number of hydrogen-bond donors (Lipinski definition) is 1. The highest BCUT2D eigenvalue weighted by molar-refractivity contribution is 7.92. The average Bonchev–Trinajstić information content (AvgIpc) is 2.86. The van der Waals surface area contributed by atoms with E-state index in [-0.39, 0.29) is 31.3 Å². The number of carbonyl (C=O) groups excluding carboxylic acids is 2. The predicted octanol–water partition coefficient (Wildman–Crippen LogP) is 4.62. The van der Waals surface area contributed by atoms with Gasteiger partial charge in [0.2, 0.25) is 21.8 Å². The molecule has 2 rings (SSSR count). The van der Waals surface area contributed by atoms with Gasteiger partial charge in [-0.15, -0.1) is 0 Å². The molecular weight excluding hydrogens is 514 g/mol. The Balaban J connectivity index is 2.18. The van der Waals surface area contributed by atoms with Gasteiger partial charge in [0.25, 0.3) is 0 Å². The summed E-state index contributed by atoms with van der Waals surface area (Å²) in [7, 11) is -3.57. The van der Waals surface area contributed by atoms with E-state index in [1.807, 2.05) is 32.9 Å². The van der Waals surface area contributed by atoms with Crippen molar-refractivity contribution >= 4 is 39.1 Å². The number of anilines is 1. The van der Waals surface area contributed by atoms with Crippen LogP contribution in [-0.4, -0.2) is 57.1 Å². The summed E-state index contributed by atoms with van der Waals surface area (Å²) in [5, 5.41) is 3.48. The Bertz CT molecular complexity index is 1110. The third kappa shape index (κ3) is 9.55. The molecule has 2 amide bonds. The molecule has 0 saturated carbocycles. The number of hydrogen-bond acceptors (Lipinski definition) is 5. The van der Waals surface area contributed by atoms with Crippen molar-refractivity contribution < 1.29 is 22.7 Å². The van der Waals surface area contributed by atoms with Crippen molar-refractivity contribution in [3.8, 4) is 5.75 Å². The Morgan fingerprint density at radius 1 is 1.03 bits per heavy atom. The van der Waals surface area contributed by atoms with E-state index in [0.29, 0.717) is 42.5 Å². The molecule has 1 atom stereocenters. The maximum Gasteiger partial charge on any atom is 0.242 e. The number of nitrogens with zero attached hydrogens (tertiary/aromatic N) is 2. The lowest BCUT2D eigenvalue weighted by Crippen LogP contribution is -2.49. The van der Waals surface area contributed by atoms with E-state index in [0.717, 1.165) is 18.2 Å². The standard InChI is InChI=1S/C27H38ClN3O5S/c1-5-18-29-27(33)25(6-2)30(20-21-10-12-22(28)13-11-21)26(32)9-8-19-31(37(4,34)35)23-14-16-24(17-15-23)36-7-3/h10-17,25H,5-9,18-20H2,1-4H3,(H,29,33)/t25-/m1/s1. The van der Waals surface area contributed by atoms with Crippen molar-refractivity contribution in [1.82, 2.24) is 10.2 Å². The first-order valence-electron chi connectivity index (χ1n) is 12.6. The van der Waals surface area contributed by atoms with Crippen LogP contribution in [0, 0.1) is 0 Å². The molecule has 0 aliphatic rings. The van der Waals surface area contributed by atoms with Crippen LogP contribution in [0.5, 0.6) is 5.75 Å². The van der Waals surface area contributed by atoms with Crippen molar-refractivity contribution in [3.05, 3.63) is 59.1 Å². The molecule has 0 heterocycles. The molecular formula is C27H38ClN3O5S. The quantitative estimate of drug-likeness (QED) is 0.348. The summed E-state index contributed by atoms with van der Waals surface area (Å²) in [5.41, 5.74) is 1.36. The highest BCUT2D eigenvalue weighted by Crippen LogP contribution is 2.23. The van der Waals surface area contributed by atoms with Crippen LogP contribution in [0.3, 0.4) is 0 Å². The van der Waals surface area contributed by atoms with Crippen LogP contribution >= 0.6 is 11.6 Å². The van der Waals surface area contributed by atoms with Crippen molar-refractivity contribution in [2.75, 3.05) is 30.3 Å². The van der Waals surface area contributed by atoms with Gasteiger partial charge in [-0.25, -0.2) is 8.42 Å².